The summed E-state index contributed by atoms with van der Waals surface area (Å²) in [4.78, 5) is 14.3. The highest BCUT2D eigenvalue weighted by molar-refractivity contribution is 7.89. The summed E-state index contributed by atoms with van der Waals surface area (Å²) in [6, 6.07) is 4.47. The Bertz CT molecular complexity index is 926. The van der Waals surface area contributed by atoms with Crippen molar-refractivity contribution in [1.82, 2.24) is 9.21 Å². The summed E-state index contributed by atoms with van der Waals surface area (Å²) in [7, 11) is -2.07. The van der Waals surface area contributed by atoms with Crippen LogP contribution in [0.5, 0.6) is 5.75 Å². The van der Waals surface area contributed by atoms with E-state index in [4.69, 9.17) is 4.74 Å². The lowest BCUT2D eigenvalue weighted by Crippen LogP contribution is -2.50. The fourth-order valence-corrected chi connectivity index (χ4v) is 5.68. The van der Waals surface area contributed by atoms with Gasteiger partial charge < -0.3 is 14.7 Å². The highest BCUT2D eigenvalue weighted by atomic mass is 32.2. The fraction of sp³-hybridized carbons (Fsp3) is 0.609. The van der Waals surface area contributed by atoms with Crippen molar-refractivity contribution in [2.45, 2.75) is 57.1 Å². The number of fused-ring (bicyclic) bond motifs is 1. The number of aliphatic hydroxyl groups is 1. The Kier molecular flexibility index (Phi) is 7.44. The van der Waals surface area contributed by atoms with E-state index < -0.39 is 16.1 Å². The molecule has 0 unspecified atom stereocenters. The van der Waals surface area contributed by atoms with Crippen molar-refractivity contribution < 1.29 is 23.1 Å². The largest absolute Gasteiger partial charge is 0.487 e. The van der Waals surface area contributed by atoms with Gasteiger partial charge in [0.05, 0.1) is 13.2 Å². The van der Waals surface area contributed by atoms with Crippen LogP contribution in [0.3, 0.4) is 0 Å². The molecule has 7 nitrogen and oxygen atoms in total. The van der Waals surface area contributed by atoms with E-state index in [1.165, 1.54) is 4.31 Å². The van der Waals surface area contributed by atoms with Crippen molar-refractivity contribution in [2.24, 2.45) is 11.8 Å². The van der Waals surface area contributed by atoms with E-state index in [1.54, 1.807) is 37.1 Å². The first-order valence-electron chi connectivity index (χ1n) is 11.0. The molecule has 172 valence electrons. The van der Waals surface area contributed by atoms with Gasteiger partial charge in [-0.2, -0.15) is 4.31 Å². The summed E-state index contributed by atoms with van der Waals surface area (Å²) in [5, 5.41) is 9.70. The third-order valence-corrected chi connectivity index (χ3v) is 8.11. The van der Waals surface area contributed by atoms with Crippen molar-refractivity contribution in [1.29, 1.82) is 0 Å². The number of hydrogen-bond donors (Lipinski definition) is 1. The van der Waals surface area contributed by atoms with Gasteiger partial charge in [0.2, 0.25) is 15.9 Å². The number of ether oxygens (including phenoxy) is 1. The van der Waals surface area contributed by atoms with Gasteiger partial charge >= 0.3 is 0 Å². The summed E-state index contributed by atoms with van der Waals surface area (Å²) < 4.78 is 34.5. The molecule has 1 aliphatic heterocycles. The van der Waals surface area contributed by atoms with E-state index in [-0.39, 0.29) is 41.7 Å². The SMILES string of the molecule is C/C=C/c1ccc2c(c1)O[C@H](CN(C)C(=O)CC1CC1)[C@@H](C)CN([C@@H](C)CO)S2(=O)=O. The summed E-state index contributed by atoms with van der Waals surface area (Å²) in [5.41, 5.74) is 0.836. The first-order valence-corrected chi connectivity index (χ1v) is 12.4. The number of carbonyl (C=O) groups excluding carboxylic acids is 1. The maximum absolute atomic E-state index is 13.4. The van der Waals surface area contributed by atoms with Crippen LogP contribution in [-0.4, -0.2) is 67.5 Å². The molecule has 1 saturated carbocycles. The van der Waals surface area contributed by atoms with Gasteiger partial charge in [-0.3, -0.25) is 4.79 Å². The molecule has 0 spiro atoms. The normalized spacial score (nSPS) is 24.7. The summed E-state index contributed by atoms with van der Waals surface area (Å²) in [6.45, 7) is 5.82. The topological polar surface area (TPSA) is 87.2 Å². The first kappa shape index (κ1) is 23.8. The van der Waals surface area contributed by atoms with Crippen LogP contribution >= 0.6 is 0 Å². The van der Waals surface area contributed by atoms with Crippen LogP contribution in [-0.2, 0) is 14.8 Å². The Labute approximate surface area is 185 Å². The number of benzene rings is 1. The van der Waals surface area contributed by atoms with E-state index in [9.17, 15) is 18.3 Å². The minimum absolute atomic E-state index is 0.0879. The molecule has 1 aromatic rings. The molecule has 1 N–H and O–H groups in total. The highest BCUT2D eigenvalue weighted by Crippen LogP contribution is 2.35. The molecule has 3 atom stereocenters. The van der Waals surface area contributed by atoms with Crippen LogP contribution in [0.25, 0.3) is 6.08 Å². The predicted octanol–water partition coefficient (Wildman–Crippen LogP) is 2.75. The zero-order valence-electron chi connectivity index (χ0n) is 18.8. The van der Waals surface area contributed by atoms with Gasteiger partial charge in [0.15, 0.2) is 0 Å². The van der Waals surface area contributed by atoms with Crippen molar-refractivity contribution in [3.8, 4) is 5.75 Å². The zero-order chi connectivity index (χ0) is 22.8. The average molecular weight is 451 g/mol. The van der Waals surface area contributed by atoms with E-state index in [1.807, 2.05) is 26.0 Å². The molecule has 1 aromatic carbocycles. The van der Waals surface area contributed by atoms with E-state index in [0.717, 1.165) is 18.4 Å². The van der Waals surface area contributed by atoms with Crippen molar-refractivity contribution in [3.05, 3.63) is 29.8 Å². The minimum Gasteiger partial charge on any atom is -0.487 e. The molecule has 0 radical (unpaired) electrons. The molecule has 31 heavy (non-hydrogen) atoms. The Morgan fingerprint density at radius 3 is 2.71 bits per heavy atom. The van der Waals surface area contributed by atoms with Gasteiger partial charge in [-0.05, 0) is 50.3 Å². The fourth-order valence-electron chi connectivity index (χ4n) is 3.85. The first-order chi connectivity index (χ1) is 14.7. The second kappa shape index (κ2) is 9.71. The summed E-state index contributed by atoms with van der Waals surface area (Å²) >= 11 is 0. The van der Waals surface area contributed by atoms with Gasteiger partial charge in [0.25, 0.3) is 0 Å². The zero-order valence-corrected chi connectivity index (χ0v) is 19.6. The van der Waals surface area contributed by atoms with Gasteiger partial charge in [-0.25, -0.2) is 8.42 Å². The number of nitrogens with zero attached hydrogens (tertiary/aromatic N) is 2. The van der Waals surface area contributed by atoms with E-state index in [0.29, 0.717) is 18.9 Å². The maximum atomic E-state index is 13.4. The molecule has 1 aliphatic carbocycles. The van der Waals surface area contributed by atoms with Gasteiger partial charge in [-0.1, -0.05) is 25.1 Å². The van der Waals surface area contributed by atoms with Crippen LogP contribution in [0.15, 0.2) is 29.2 Å². The molecule has 3 rings (SSSR count). The number of aliphatic hydroxyl groups excluding tert-OH is 1. The number of rotatable bonds is 7. The number of amides is 1. The lowest BCUT2D eigenvalue weighted by molar-refractivity contribution is -0.131. The third kappa shape index (κ3) is 5.48. The van der Waals surface area contributed by atoms with Crippen LogP contribution < -0.4 is 4.74 Å². The maximum Gasteiger partial charge on any atom is 0.247 e. The molecular weight excluding hydrogens is 416 g/mol. The molecule has 8 heteroatoms. The number of carbonyl (C=O) groups is 1. The molecule has 1 fully saturated rings. The lowest BCUT2D eigenvalue weighted by atomic mass is 10.0. The van der Waals surface area contributed by atoms with E-state index in [2.05, 4.69) is 0 Å². The highest BCUT2D eigenvalue weighted by Gasteiger charge is 2.38. The van der Waals surface area contributed by atoms with Gasteiger partial charge in [0, 0.05) is 32.0 Å². The molecule has 1 heterocycles. The number of sulfonamides is 1. The standard InChI is InChI=1S/C23H34N2O5S/c1-5-6-18-9-10-22-20(11-18)30-21(14-24(4)23(27)12-19-7-8-19)16(2)13-25(17(3)15-26)31(22,28)29/h5-6,9-11,16-17,19,21,26H,7-8,12-15H2,1-4H3/b6-5+/t16-,17-,21+/m0/s1. The number of allylic oxidation sites excluding steroid dienone is 1. The molecule has 0 bridgehead atoms. The van der Waals surface area contributed by atoms with Crippen molar-refractivity contribution in [3.63, 3.8) is 0 Å². The predicted molar refractivity (Wildman–Crippen MR) is 120 cm³/mol. The minimum atomic E-state index is -3.85. The Hall–Kier alpha value is -1.90. The Morgan fingerprint density at radius 2 is 2.10 bits per heavy atom. The molecule has 0 saturated heterocycles. The third-order valence-electron chi connectivity index (χ3n) is 6.09. The monoisotopic (exact) mass is 450 g/mol. The van der Waals surface area contributed by atoms with Gasteiger partial charge in [0.1, 0.15) is 16.7 Å². The molecule has 2 aliphatic rings. The van der Waals surface area contributed by atoms with Crippen LogP contribution in [0, 0.1) is 11.8 Å². The molecule has 0 aromatic heterocycles. The average Bonchev–Trinajstić information content (AvgIpc) is 3.54. The van der Waals surface area contributed by atoms with Crippen LogP contribution in [0.1, 0.15) is 45.6 Å². The summed E-state index contributed by atoms with van der Waals surface area (Å²) in [6.07, 6.45) is 6.17. The number of likely N-dealkylation sites (N-methyl/N-ethyl adjacent to an activating group) is 1. The number of hydrogen-bond acceptors (Lipinski definition) is 5. The smallest absolute Gasteiger partial charge is 0.247 e. The summed E-state index contributed by atoms with van der Waals surface area (Å²) in [5.74, 6) is 0.695. The molecule has 1 amide bonds. The second-order valence-electron chi connectivity index (χ2n) is 8.87. The van der Waals surface area contributed by atoms with Crippen LogP contribution in [0.2, 0.25) is 0 Å². The quantitative estimate of drug-likeness (QED) is 0.690. The molecular formula is C23H34N2O5S. The van der Waals surface area contributed by atoms with E-state index >= 15 is 0 Å². The lowest BCUT2D eigenvalue weighted by Gasteiger charge is -2.37. The van der Waals surface area contributed by atoms with Crippen molar-refractivity contribution >= 4 is 22.0 Å². The Morgan fingerprint density at radius 1 is 1.39 bits per heavy atom. The van der Waals surface area contributed by atoms with Crippen LogP contribution in [0.4, 0.5) is 0 Å². The van der Waals surface area contributed by atoms with Crippen molar-refractivity contribution in [2.75, 3.05) is 26.7 Å². The van der Waals surface area contributed by atoms with Gasteiger partial charge in [-0.15, -0.1) is 0 Å². The Balaban J connectivity index is 1.97. The second-order valence-corrected chi connectivity index (χ2v) is 10.7.